The van der Waals surface area contributed by atoms with Crippen molar-refractivity contribution in [2.24, 2.45) is 17.6 Å². The highest BCUT2D eigenvalue weighted by Crippen LogP contribution is 2.33. The van der Waals surface area contributed by atoms with Gasteiger partial charge >= 0.3 is 0 Å². The molecule has 1 saturated heterocycles. The number of benzene rings is 1. The lowest BCUT2D eigenvalue weighted by Crippen LogP contribution is -2.42. The molecule has 2 unspecified atom stereocenters. The molecule has 7 heteroatoms. The zero-order valence-electron chi connectivity index (χ0n) is 15.2. The maximum absolute atomic E-state index is 12.8. The summed E-state index contributed by atoms with van der Waals surface area (Å²) < 4.78 is 5.35. The summed E-state index contributed by atoms with van der Waals surface area (Å²) in [6.45, 7) is 1.61. The number of ether oxygens (including phenoxy) is 1. The van der Waals surface area contributed by atoms with Crippen LogP contribution < -0.4 is 11.1 Å². The Hall–Kier alpha value is -2.38. The van der Waals surface area contributed by atoms with Gasteiger partial charge < -0.3 is 10.5 Å². The van der Waals surface area contributed by atoms with E-state index in [1.54, 1.807) is 12.1 Å². The average molecular weight is 372 g/mol. The van der Waals surface area contributed by atoms with Gasteiger partial charge in [0.05, 0.1) is 12.5 Å². The van der Waals surface area contributed by atoms with Crippen molar-refractivity contribution in [2.45, 2.75) is 32.1 Å². The van der Waals surface area contributed by atoms with Gasteiger partial charge in [-0.15, -0.1) is 0 Å². The SMILES string of the molecule is NCCOCCCc1ccc2c(c1)C(=O)C(CC1CCC(=O)NC1=O)C2=O. The van der Waals surface area contributed by atoms with Crippen molar-refractivity contribution >= 4 is 23.4 Å². The Morgan fingerprint density at radius 3 is 2.59 bits per heavy atom. The second-order valence-corrected chi connectivity index (χ2v) is 7.05. The summed E-state index contributed by atoms with van der Waals surface area (Å²) in [4.78, 5) is 48.6. The average Bonchev–Trinajstić information content (AvgIpc) is 2.88. The molecule has 1 fully saturated rings. The second kappa shape index (κ2) is 8.54. The minimum Gasteiger partial charge on any atom is -0.380 e. The number of amides is 2. The molecule has 1 aromatic rings. The van der Waals surface area contributed by atoms with Gasteiger partial charge in [-0.25, -0.2) is 0 Å². The van der Waals surface area contributed by atoms with Crippen LogP contribution in [0.1, 0.15) is 52.0 Å². The maximum Gasteiger partial charge on any atom is 0.229 e. The van der Waals surface area contributed by atoms with Crippen LogP contribution in [0.5, 0.6) is 0 Å². The number of nitrogens with two attached hydrogens (primary N) is 1. The van der Waals surface area contributed by atoms with Gasteiger partial charge in [0, 0.05) is 36.6 Å². The Morgan fingerprint density at radius 2 is 1.85 bits per heavy atom. The number of rotatable bonds is 8. The highest BCUT2D eigenvalue weighted by atomic mass is 16.5. The van der Waals surface area contributed by atoms with Crippen molar-refractivity contribution in [1.82, 2.24) is 5.32 Å². The quantitative estimate of drug-likeness (QED) is 0.400. The third-order valence-electron chi connectivity index (χ3n) is 5.14. The van der Waals surface area contributed by atoms with Gasteiger partial charge in [0.2, 0.25) is 11.8 Å². The molecular formula is C20H24N2O5. The molecule has 1 aliphatic heterocycles. The Morgan fingerprint density at radius 1 is 1.07 bits per heavy atom. The fourth-order valence-electron chi connectivity index (χ4n) is 3.69. The zero-order valence-corrected chi connectivity index (χ0v) is 15.2. The van der Waals surface area contributed by atoms with Crippen LogP contribution in [0.15, 0.2) is 18.2 Å². The Bertz CT molecular complexity index is 774. The van der Waals surface area contributed by atoms with Crippen molar-refractivity contribution in [2.75, 3.05) is 19.8 Å². The summed E-state index contributed by atoms with van der Waals surface area (Å²) in [5, 5.41) is 2.28. The minimum atomic E-state index is -0.827. The molecule has 3 N–H and O–H groups in total. The van der Waals surface area contributed by atoms with E-state index in [2.05, 4.69) is 5.32 Å². The third kappa shape index (κ3) is 4.31. The van der Waals surface area contributed by atoms with E-state index in [4.69, 9.17) is 10.5 Å². The number of carbonyl (C=O) groups excluding carboxylic acids is 4. The van der Waals surface area contributed by atoms with Crippen molar-refractivity contribution < 1.29 is 23.9 Å². The van der Waals surface area contributed by atoms with Crippen LogP contribution in [0.3, 0.4) is 0 Å². The predicted octanol–water partition coefficient (Wildman–Crippen LogP) is 1.03. The minimum absolute atomic E-state index is 0.160. The van der Waals surface area contributed by atoms with Gasteiger partial charge in [-0.3, -0.25) is 24.5 Å². The topological polar surface area (TPSA) is 116 Å². The molecule has 1 heterocycles. The number of nitrogens with one attached hydrogen (secondary N) is 1. The van der Waals surface area contributed by atoms with Gasteiger partial charge in [0.15, 0.2) is 11.6 Å². The number of ketones is 2. The van der Waals surface area contributed by atoms with E-state index >= 15 is 0 Å². The Balaban J connectivity index is 1.64. The summed E-state index contributed by atoms with van der Waals surface area (Å²) >= 11 is 0. The number of carbonyl (C=O) groups is 4. The van der Waals surface area contributed by atoms with Crippen LogP contribution in [-0.2, 0) is 20.7 Å². The summed E-state index contributed by atoms with van der Waals surface area (Å²) in [5.74, 6) is -2.44. The Labute approximate surface area is 157 Å². The molecule has 2 amide bonds. The molecule has 144 valence electrons. The molecule has 1 aromatic carbocycles. The van der Waals surface area contributed by atoms with E-state index in [0.717, 1.165) is 18.4 Å². The fraction of sp³-hybridized carbons (Fsp3) is 0.500. The summed E-state index contributed by atoms with van der Waals surface area (Å²) in [6, 6.07) is 5.35. The number of hydrogen-bond donors (Lipinski definition) is 2. The molecule has 27 heavy (non-hydrogen) atoms. The van der Waals surface area contributed by atoms with E-state index in [0.29, 0.717) is 37.3 Å². The lowest BCUT2D eigenvalue weighted by Gasteiger charge is -2.22. The van der Waals surface area contributed by atoms with E-state index in [1.807, 2.05) is 6.07 Å². The van der Waals surface area contributed by atoms with Crippen LogP contribution >= 0.6 is 0 Å². The number of piperidine rings is 1. The largest absolute Gasteiger partial charge is 0.380 e. The highest BCUT2D eigenvalue weighted by molar-refractivity contribution is 6.26. The van der Waals surface area contributed by atoms with Gasteiger partial charge in [0.1, 0.15) is 0 Å². The predicted molar refractivity (Wildman–Crippen MR) is 97.3 cm³/mol. The number of imide groups is 1. The molecule has 0 spiro atoms. The number of aryl methyl sites for hydroxylation is 1. The van der Waals surface area contributed by atoms with Crippen LogP contribution in [-0.4, -0.2) is 43.1 Å². The van der Waals surface area contributed by atoms with Gasteiger partial charge in [-0.1, -0.05) is 12.1 Å². The number of hydrogen-bond acceptors (Lipinski definition) is 6. The zero-order chi connectivity index (χ0) is 19.4. The lowest BCUT2D eigenvalue weighted by molar-refractivity contribution is -0.136. The monoisotopic (exact) mass is 372 g/mol. The van der Waals surface area contributed by atoms with Gasteiger partial charge in [-0.2, -0.15) is 0 Å². The van der Waals surface area contributed by atoms with Crippen molar-refractivity contribution in [3.8, 4) is 0 Å². The first-order chi connectivity index (χ1) is 13.0. The first kappa shape index (κ1) is 19.4. The molecule has 7 nitrogen and oxygen atoms in total. The normalized spacial score (nSPS) is 22.1. The fourth-order valence-corrected chi connectivity index (χ4v) is 3.69. The molecule has 0 saturated carbocycles. The Kier molecular flexibility index (Phi) is 6.13. The van der Waals surface area contributed by atoms with E-state index in [-0.39, 0.29) is 36.2 Å². The van der Waals surface area contributed by atoms with E-state index in [1.165, 1.54) is 0 Å². The summed E-state index contributed by atoms with van der Waals surface area (Å²) in [6.07, 6.45) is 2.34. The van der Waals surface area contributed by atoms with Gasteiger partial charge in [0.25, 0.3) is 0 Å². The standard InChI is InChI=1S/C20H24N2O5/c21-7-9-27-8-1-2-12-3-5-14-15(10-12)19(25)16(18(14)24)11-13-4-6-17(23)22-20(13)26/h3,5,10,13,16H,1-2,4,6-9,11,21H2,(H,22,23,26). The van der Waals surface area contributed by atoms with Crippen molar-refractivity contribution in [3.05, 3.63) is 34.9 Å². The highest BCUT2D eigenvalue weighted by Gasteiger charge is 2.41. The molecule has 2 aliphatic rings. The molecule has 3 rings (SSSR count). The molecule has 0 bridgehead atoms. The van der Waals surface area contributed by atoms with Gasteiger partial charge in [-0.05, 0) is 37.3 Å². The van der Waals surface area contributed by atoms with Crippen LogP contribution in [0.4, 0.5) is 0 Å². The number of fused-ring (bicyclic) bond motifs is 1. The van der Waals surface area contributed by atoms with Crippen LogP contribution in [0.25, 0.3) is 0 Å². The molecule has 2 atom stereocenters. The smallest absolute Gasteiger partial charge is 0.229 e. The summed E-state index contributed by atoms with van der Waals surface area (Å²) in [5.41, 5.74) is 7.22. The van der Waals surface area contributed by atoms with E-state index in [9.17, 15) is 19.2 Å². The first-order valence-corrected chi connectivity index (χ1v) is 9.34. The van der Waals surface area contributed by atoms with Crippen molar-refractivity contribution in [3.63, 3.8) is 0 Å². The van der Waals surface area contributed by atoms with Crippen LogP contribution in [0, 0.1) is 11.8 Å². The molecular weight excluding hydrogens is 348 g/mol. The molecule has 0 aromatic heterocycles. The first-order valence-electron chi connectivity index (χ1n) is 9.34. The van der Waals surface area contributed by atoms with Crippen molar-refractivity contribution in [1.29, 1.82) is 0 Å². The lowest BCUT2D eigenvalue weighted by atomic mass is 9.86. The number of Topliss-reactive ketones (excluding diaryl/α,β-unsaturated/α-hetero) is 2. The summed E-state index contributed by atoms with van der Waals surface area (Å²) in [7, 11) is 0. The maximum atomic E-state index is 12.8. The molecule has 0 radical (unpaired) electrons. The third-order valence-corrected chi connectivity index (χ3v) is 5.14. The van der Waals surface area contributed by atoms with Crippen LogP contribution in [0.2, 0.25) is 0 Å². The molecule has 1 aliphatic carbocycles. The van der Waals surface area contributed by atoms with E-state index < -0.39 is 11.8 Å². The second-order valence-electron chi connectivity index (χ2n) is 7.05.